The molecule has 6 heteroatoms. The first-order valence-electron chi connectivity index (χ1n) is 7.66. The SMILES string of the molecule is CCNC(=NCCc1csc(C)n1)N1CCC(COC)C1. The van der Waals surface area contributed by atoms with Gasteiger partial charge in [0.05, 0.1) is 17.3 Å². The van der Waals surface area contributed by atoms with Crippen LogP contribution in [0.3, 0.4) is 0 Å². The summed E-state index contributed by atoms with van der Waals surface area (Å²) in [6.45, 7) is 8.79. The summed E-state index contributed by atoms with van der Waals surface area (Å²) < 4.78 is 5.26. The molecule has 0 saturated carbocycles. The Kier molecular flexibility index (Phi) is 6.45. The van der Waals surface area contributed by atoms with Gasteiger partial charge in [0.2, 0.25) is 0 Å². The molecular formula is C15H26N4OS. The van der Waals surface area contributed by atoms with Gasteiger partial charge in [0, 0.05) is 51.0 Å². The fourth-order valence-electron chi connectivity index (χ4n) is 2.62. The number of nitrogens with zero attached hydrogens (tertiary/aromatic N) is 3. The molecule has 2 rings (SSSR count). The van der Waals surface area contributed by atoms with Crippen LogP contribution in [0.15, 0.2) is 10.4 Å². The van der Waals surface area contributed by atoms with E-state index in [0.717, 1.165) is 55.9 Å². The van der Waals surface area contributed by atoms with Crippen molar-refractivity contribution in [1.82, 2.24) is 15.2 Å². The molecule has 1 aliphatic heterocycles. The smallest absolute Gasteiger partial charge is 0.193 e. The minimum Gasteiger partial charge on any atom is -0.384 e. The molecule has 0 aromatic carbocycles. The number of ether oxygens (including phenoxy) is 1. The van der Waals surface area contributed by atoms with Gasteiger partial charge >= 0.3 is 0 Å². The molecule has 1 atom stereocenters. The van der Waals surface area contributed by atoms with Gasteiger partial charge in [0.15, 0.2) is 5.96 Å². The van der Waals surface area contributed by atoms with Crippen LogP contribution in [-0.2, 0) is 11.2 Å². The summed E-state index contributed by atoms with van der Waals surface area (Å²) in [5, 5.41) is 6.65. The van der Waals surface area contributed by atoms with Gasteiger partial charge in [-0.25, -0.2) is 4.98 Å². The van der Waals surface area contributed by atoms with Crippen molar-refractivity contribution in [2.45, 2.75) is 26.7 Å². The summed E-state index contributed by atoms with van der Waals surface area (Å²) in [5.41, 5.74) is 1.15. The standard InChI is InChI=1S/C15H26N4OS/c1-4-16-15(19-8-6-13(9-19)10-20-3)17-7-5-14-11-21-12(2)18-14/h11,13H,4-10H2,1-3H3,(H,16,17). The number of likely N-dealkylation sites (tertiary alicyclic amines) is 1. The van der Waals surface area contributed by atoms with Crippen molar-refractivity contribution in [2.24, 2.45) is 10.9 Å². The Labute approximate surface area is 131 Å². The van der Waals surface area contributed by atoms with E-state index < -0.39 is 0 Å². The highest BCUT2D eigenvalue weighted by Gasteiger charge is 2.24. The summed E-state index contributed by atoms with van der Waals surface area (Å²) in [6, 6.07) is 0. The molecule has 118 valence electrons. The van der Waals surface area contributed by atoms with Crippen LogP contribution < -0.4 is 5.32 Å². The van der Waals surface area contributed by atoms with Gasteiger partial charge in [-0.05, 0) is 20.3 Å². The maximum absolute atomic E-state index is 5.26. The summed E-state index contributed by atoms with van der Waals surface area (Å²) in [7, 11) is 1.78. The summed E-state index contributed by atoms with van der Waals surface area (Å²) in [5.74, 6) is 1.66. The Hall–Kier alpha value is -1.14. The van der Waals surface area contributed by atoms with E-state index in [1.807, 2.05) is 6.92 Å². The van der Waals surface area contributed by atoms with Crippen LogP contribution in [0.2, 0.25) is 0 Å². The molecule has 1 aromatic rings. The van der Waals surface area contributed by atoms with Crippen molar-refractivity contribution in [3.05, 3.63) is 16.1 Å². The highest BCUT2D eigenvalue weighted by atomic mass is 32.1. The van der Waals surface area contributed by atoms with Gasteiger partial charge in [-0.2, -0.15) is 0 Å². The maximum Gasteiger partial charge on any atom is 0.193 e. The zero-order valence-electron chi connectivity index (χ0n) is 13.3. The minimum atomic E-state index is 0.625. The lowest BCUT2D eigenvalue weighted by molar-refractivity contribution is 0.157. The first-order valence-corrected chi connectivity index (χ1v) is 8.54. The van der Waals surface area contributed by atoms with Crippen LogP contribution in [0.5, 0.6) is 0 Å². The Bertz CT molecular complexity index is 460. The predicted molar refractivity (Wildman–Crippen MR) is 88.1 cm³/mol. The maximum atomic E-state index is 5.26. The van der Waals surface area contributed by atoms with Crippen LogP contribution in [0.25, 0.3) is 0 Å². The zero-order valence-corrected chi connectivity index (χ0v) is 14.1. The molecule has 0 radical (unpaired) electrons. The van der Waals surface area contributed by atoms with Crippen molar-refractivity contribution >= 4 is 17.3 Å². The average Bonchev–Trinajstić information content (AvgIpc) is 3.08. The van der Waals surface area contributed by atoms with E-state index in [-0.39, 0.29) is 0 Å². The molecule has 5 nitrogen and oxygen atoms in total. The lowest BCUT2D eigenvalue weighted by Crippen LogP contribution is -2.40. The van der Waals surface area contributed by atoms with E-state index in [4.69, 9.17) is 9.73 Å². The number of thiazole rings is 1. The zero-order chi connectivity index (χ0) is 15.1. The molecule has 1 fully saturated rings. The number of hydrogen-bond donors (Lipinski definition) is 1. The van der Waals surface area contributed by atoms with E-state index in [2.05, 4.69) is 27.5 Å². The molecule has 0 amide bonds. The quantitative estimate of drug-likeness (QED) is 0.644. The third kappa shape index (κ3) is 4.97. The fourth-order valence-corrected chi connectivity index (χ4v) is 3.27. The van der Waals surface area contributed by atoms with E-state index in [1.54, 1.807) is 18.4 Å². The number of aromatic nitrogens is 1. The molecule has 1 N–H and O–H groups in total. The highest BCUT2D eigenvalue weighted by molar-refractivity contribution is 7.09. The number of rotatable bonds is 6. The van der Waals surface area contributed by atoms with Gasteiger partial charge in [0.25, 0.3) is 0 Å². The molecule has 1 aromatic heterocycles. The van der Waals surface area contributed by atoms with Crippen LogP contribution in [0.4, 0.5) is 0 Å². The molecule has 1 unspecified atom stereocenters. The van der Waals surface area contributed by atoms with Crippen LogP contribution >= 0.6 is 11.3 Å². The van der Waals surface area contributed by atoms with Gasteiger partial charge in [0.1, 0.15) is 0 Å². The van der Waals surface area contributed by atoms with Crippen molar-refractivity contribution in [1.29, 1.82) is 0 Å². The van der Waals surface area contributed by atoms with Gasteiger partial charge in [-0.15, -0.1) is 11.3 Å². The Morgan fingerprint density at radius 2 is 2.48 bits per heavy atom. The Morgan fingerprint density at radius 1 is 1.62 bits per heavy atom. The van der Waals surface area contributed by atoms with Crippen molar-refractivity contribution in [3.8, 4) is 0 Å². The Morgan fingerprint density at radius 3 is 3.14 bits per heavy atom. The largest absolute Gasteiger partial charge is 0.384 e. The second kappa shape index (κ2) is 8.34. The predicted octanol–water partition coefficient (Wildman–Crippen LogP) is 1.93. The molecule has 0 spiro atoms. The highest BCUT2D eigenvalue weighted by Crippen LogP contribution is 2.16. The van der Waals surface area contributed by atoms with E-state index in [9.17, 15) is 0 Å². The lowest BCUT2D eigenvalue weighted by Gasteiger charge is -2.21. The molecular weight excluding hydrogens is 284 g/mol. The number of aryl methyl sites for hydroxylation is 1. The molecule has 2 heterocycles. The van der Waals surface area contributed by atoms with E-state index >= 15 is 0 Å². The number of guanidine groups is 1. The monoisotopic (exact) mass is 310 g/mol. The molecule has 21 heavy (non-hydrogen) atoms. The number of methoxy groups -OCH3 is 1. The number of aliphatic imine (C=N–C) groups is 1. The normalized spacial score (nSPS) is 19.3. The molecule has 0 aliphatic carbocycles. The first-order chi connectivity index (χ1) is 10.2. The fraction of sp³-hybridized carbons (Fsp3) is 0.733. The third-order valence-corrected chi connectivity index (χ3v) is 4.44. The number of nitrogens with one attached hydrogen (secondary N) is 1. The average molecular weight is 310 g/mol. The molecule has 0 bridgehead atoms. The van der Waals surface area contributed by atoms with Crippen molar-refractivity contribution in [2.75, 3.05) is 39.9 Å². The van der Waals surface area contributed by atoms with E-state index in [1.165, 1.54) is 6.42 Å². The second-order valence-corrected chi connectivity index (χ2v) is 6.46. The van der Waals surface area contributed by atoms with Gasteiger partial charge < -0.3 is 15.0 Å². The summed E-state index contributed by atoms with van der Waals surface area (Å²) in [4.78, 5) is 11.6. The lowest BCUT2D eigenvalue weighted by atomic mass is 10.1. The van der Waals surface area contributed by atoms with Crippen molar-refractivity contribution < 1.29 is 4.74 Å². The summed E-state index contributed by atoms with van der Waals surface area (Å²) in [6.07, 6.45) is 2.10. The Balaban J connectivity index is 1.87. The minimum absolute atomic E-state index is 0.625. The van der Waals surface area contributed by atoms with Crippen molar-refractivity contribution in [3.63, 3.8) is 0 Å². The van der Waals surface area contributed by atoms with Crippen LogP contribution in [-0.4, -0.2) is 55.7 Å². The summed E-state index contributed by atoms with van der Waals surface area (Å²) >= 11 is 1.71. The van der Waals surface area contributed by atoms with E-state index in [0.29, 0.717) is 5.92 Å². The van der Waals surface area contributed by atoms with Crippen LogP contribution in [0, 0.1) is 12.8 Å². The van der Waals surface area contributed by atoms with Crippen LogP contribution in [0.1, 0.15) is 24.0 Å². The molecule has 1 saturated heterocycles. The first kappa shape index (κ1) is 16.2. The van der Waals surface area contributed by atoms with Gasteiger partial charge in [-0.1, -0.05) is 0 Å². The molecule has 1 aliphatic rings. The number of hydrogen-bond acceptors (Lipinski definition) is 4. The van der Waals surface area contributed by atoms with Gasteiger partial charge in [-0.3, -0.25) is 4.99 Å². The topological polar surface area (TPSA) is 49.8 Å². The second-order valence-electron chi connectivity index (χ2n) is 5.40. The third-order valence-electron chi connectivity index (χ3n) is 3.62.